The molecule has 0 aliphatic carbocycles. The summed E-state index contributed by atoms with van der Waals surface area (Å²) in [5.41, 5.74) is 0. The highest BCUT2D eigenvalue weighted by atomic mass is 14.9. The summed E-state index contributed by atoms with van der Waals surface area (Å²) in [7, 11) is 0. The van der Waals surface area contributed by atoms with Gasteiger partial charge in [0.25, 0.3) is 0 Å². The SMILES string of the molecule is CCCCCCCCCCNC(C)CC. The van der Waals surface area contributed by atoms with Gasteiger partial charge in [-0.15, -0.1) is 0 Å². The Balaban J connectivity index is 2.92. The van der Waals surface area contributed by atoms with E-state index >= 15 is 0 Å². The molecule has 0 saturated carbocycles. The largest absolute Gasteiger partial charge is 0.314 e. The lowest BCUT2D eigenvalue weighted by atomic mass is 10.1. The molecule has 1 atom stereocenters. The van der Waals surface area contributed by atoms with Crippen molar-refractivity contribution in [2.45, 2.75) is 84.6 Å². The van der Waals surface area contributed by atoms with Gasteiger partial charge in [-0.3, -0.25) is 0 Å². The maximum Gasteiger partial charge on any atom is 0.00360 e. The van der Waals surface area contributed by atoms with Crippen LogP contribution in [-0.2, 0) is 0 Å². The molecule has 0 heterocycles. The predicted molar refractivity (Wildman–Crippen MR) is 70.4 cm³/mol. The minimum absolute atomic E-state index is 0.703. The normalized spacial score (nSPS) is 13.0. The van der Waals surface area contributed by atoms with E-state index in [9.17, 15) is 0 Å². The summed E-state index contributed by atoms with van der Waals surface area (Å²) in [6.07, 6.45) is 12.6. The molecule has 0 aromatic heterocycles. The van der Waals surface area contributed by atoms with E-state index in [1.54, 1.807) is 0 Å². The van der Waals surface area contributed by atoms with Crippen molar-refractivity contribution < 1.29 is 0 Å². The summed E-state index contributed by atoms with van der Waals surface area (Å²) in [5, 5.41) is 3.54. The number of nitrogens with one attached hydrogen (secondary N) is 1. The number of hydrogen-bond donors (Lipinski definition) is 1. The quantitative estimate of drug-likeness (QED) is 0.498. The van der Waals surface area contributed by atoms with Gasteiger partial charge in [-0.25, -0.2) is 0 Å². The molecule has 0 saturated heterocycles. The lowest BCUT2D eigenvalue weighted by Crippen LogP contribution is -2.25. The first kappa shape index (κ1) is 15.0. The molecule has 1 heteroatoms. The fourth-order valence-corrected chi connectivity index (χ4v) is 1.75. The van der Waals surface area contributed by atoms with Gasteiger partial charge in [0.05, 0.1) is 0 Å². The van der Waals surface area contributed by atoms with Gasteiger partial charge >= 0.3 is 0 Å². The van der Waals surface area contributed by atoms with Crippen LogP contribution in [0.25, 0.3) is 0 Å². The second-order valence-corrected chi connectivity index (χ2v) is 4.74. The Morgan fingerprint density at radius 3 is 1.87 bits per heavy atom. The minimum atomic E-state index is 0.703. The number of rotatable bonds is 11. The molecule has 0 amide bonds. The van der Waals surface area contributed by atoms with Crippen LogP contribution in [0.4, 0.5) is 0 Å². The van der Waals surface area contributed by atoms with E-state index in [0.717, 1.165) is 0 Å². The molecule has 0 spiro atoms. The van der Waals surface area contributed by atoms with Crippen LogP contribution < -0.4 is 5.32 Å². The molecule has 0 aromatic rings. The molecule has 0 rings (SSSR count). The van der Waals surface area contributed by atoms with E-state index in [2.05, 4.69) is 26.1 Å². The zero-order chi connectivity index (χ0) is 11.4. The first-order chi connectivity index (χ1) is 7.31. The third-order valence-corrected chi connectivity index (χ3v) is 3.14. The summed E-state index contributed by atoms with van der Waals surface area (Å²) in [4.78, 5) is 0. The highest BCUT2D eigenvalue weighted by Gasteiger charge is 1.96. The van der Waals surface area contributed by atoms with Gasteiger partial charge in [0, 0.05) is 6.04 Å². The fraction of sp³-hybridized carbons (Fsp3) is 1.00. The smallest absolute Gasteiger partial charge is 0.00360 e. The van der Waals surface area contributed by atoms with Crippen LogP contribution in [0.3, 0.4) is 0 Å². The van der Waals surface area contributed by atoms with Crippen LogP contribution in [0, 0.1) is 0 Å². The van der Waals surface area contributed by atoms with E-state index < -0.39 is 0 Å². The van der Waals surface area contributed by atoms with E-state index in [1.807, 2.05) is 0 Å². The maximum absolute atomic E-state index is 3.54. The molecule has 0 bridgehead atoms. The molecule has 1 nitrogen and oxygen atoms in total. The topological polar surface area (TPSA) is 12.0 Å². The standard InChI is InChI=1S/C14H31N/c1-4-6-7-8-9-10-11-12-13-15-14(3)5-2/h14-15H,4-13H2,1-3H3. The van der Waals surface area contributed by atoms with Gasteiger partial charge in [-0.05, 0) is 26.3 Å². The molecule has 0 aromatic carbocycles. The Bertz CT molecular complexity index is 112. The molecular weight excluding hydrogens is 182 g/mol. The Labute approximate surface area is 97.0 Å². The monoisotopic (exact) mass is 213 g/mol. The third-order valence-electron chi connectivity index (χ3n) is 3.14. The fourth-order valence-electron chi connectivity index (χ4n) is 1.75. The zero-order valence-corrected chi connectivity index (χ0v) is 11.1. The second kappa shape index (κ2) is 12.0. The van der Waals surface area contributed by atoms with Crippen molar-refractivity contribution in [3.63, 3.8) is 0 Å². The van der Waals surface area contributed by atoms with Crippen molar-refractivity contribution in [2.24, 2.45) is 0 Å². The van der Waals surface area contributed by atoms with E-state index in [0.29, 0.717) is 6.04 Å². The van der Waals surface area contributed by atoms with Crippen molar-refractivity contribution in [1.29, 1.82) is 0 Å². The Morgan fingerprint density at radius 1 is 0.800 bits per heavy atom. The van der Waals surface area contributed by atoms with Crippen molar-refractivity contribution in [2.75, 3.05) is 6.54 Å². The van der Waals surface area contributed by atoms with Gasteiger partial charge in [-0.2, -0.15) is 0 Å². The van der Waals surface area contributed by atoms with Gasteiger partial charge in [0.15, 0.2) is 0 Å². The van der Waals surface area contributed by atoms with Gasteiger partial charge in [0.2, 0.25) is 0 Å². The van der Waals surface area contributed by atoms with Crippen LogP contribution in [-0.4, -0.2) is 12.6 Å². The lowest BCUT2D eigenvalue weighted by molar-refractivity contribution is 0.501. The van der Waals surface area contributed by atoms with Crippen molar-refractivity contribution in [3.8, 4) is 0 Å². The molecule has 0 aliphatic rings. The average Bonchev–Trinajstić information content (AvgIpc) is 2.26. The lowest BCUT2D eigenvalue weighted by Gasteiger charge is -2.10. The van der Waals surface area contributed by atoms with Crippen LogP contribution in [0.2, 0.25) is 0 Å². The Kier molecular flexibility index (Phi) is 12.0. The molecule has 1 unspecified atom stereocenters. The molecular formula is C14H31N. The Hall–Kier alpha value is -0.0400. The maximum atomic E-state index is 3.54. The van der Waals surface area contributed by atoms with Crippen molar-refractivity contribution in [1.82, 2.24) is 5.32 Å². The summed E-state index contributed by atoms with van der Waals surface area (Å²) >= 11 is 0. The van der Waals surface area contributed by atoms with Crippen LogP contribution in [0.5, 0.6) is 0 Å². The number of unbranched alkanes of at least 4 members (excludes halogenated alkanes) is 7. The third kappa shape index (κ3) is 11.9. The van der Waals surface area contributed by atoms with Crippen molar-refractivity contribution in [3.05, 3.63) is 0 Å². The molecule has 92 valence electrons. The molecule has 0 fully saturated rings. The van der Waals surface area contributed by atoms with Crippen molar-refractivity contribution >= 4 is 0 Å². The summed E-state index contributed by atoms with van der Waals surface area (Å²) < 4.78 is 0. The van der Waals surface area contributed by atoms with E-state index in [-0.39, 0.29) is 0 Å². The average molecular weight is 213 g/mol. The summed E-state index contributed by atoms with van der Waals surface area (Å²) in [6.45, 7) is 8.00. The summed E-state index contributed by atoms with van der Waals surface area (Å²) in [5.74, 6) is 0. The van der Waals surface area contributed by atoms with Crippen LogP contribution >= 0.6 is 0 Å². The van der Waals surface area contributed by atoms with Gasteiger partial charge < -0.3 is 5.32 Å². The minimum Gasteiger partial charge on any atom is -0.314 e. The van der Waals surface area contributed by atoms with Crippen LogP contribution in [0.15, 0.2) is 0 Å². The van der Waals surface area contributed by atoms with Crippen LogP contribution in [0.1, 0.15) is 78.6 Å². The molecule has 15 heavy (non-hydrogen) atoms. The van der Waals surface area contributed by atoms with E-state index in [4.69, 9.17) is 0 Å². The second-order valence-electron chi connectivity index (χ2n) is 4.74. The summed E-state index contributed by atoms with van der Waals surface area (Å²) in [6, 6.07) is 0.703. The number of hydrogen-bond acceptors (Lipinski definition) is 1. The van der Waals surface area contributed by atoms with Gasteiger partial charge in [-0.1, -0.05) is 58.8 Å². The van der Waals surface area contributed by atoms with Gasteiger partial charge in [0.1, 0.15) is 0 Å². The molecule has 0 radical (unpaired) electrons. The molecule has 0 aliphatic heterocycles. The zero-order valence-electron chi connectivity index (χ0n) is 11.1. The Morgan fingerprint density at radius 2 is 1.33 bits per heavy atom. The molecule has 1 N–H and O–H groups in total. The predicted octanol–water partition coefficient (Wildman–Crippen LogP) is 4.52. The van der Waals surface area contributed by atoms with E-state index in [1.165, 1.54) is 64.3 Å². The highest BCUT2D eigenvalue weighted by molar-refractivity contribution is 4.57. The first-order valence-corrected chi connectivity index (χ1v) is 7.04. The highest BCUT2D eigenvalue weighted by Crippen LogP contribution is 2.07. The first-order valence-electron chi connectivity index (χ1n) is 7.04.